The molecule has 3 nitrogen and oxygen atoms in total. The summed E-state index contributed by atoms with van der Waals surface area (Å²) in [6.45, 7) is 3.94. The number of hydrogen-bond acceptors (Lipinski definition) is 2. The fourth-order valence-electron chi connectivity index (χ4n) is 1.76. The second-order valence-electron chi connectivity index (χ2n) is 4.41. The van der Waals surface area contributed by atoms with Crippen LogP contribution >= 0.6 is 0 Å². The highest BCUT2D eigenvalue weighted by Gasteiger charge is 2.08. The number of carbonyl (C=O) groups excluding carboxylic acids is 1. The summed E-state index contributed by atoms with van der Waals surface area (Å²) < 4.78 is 13.1. The number of amides is 1. The predicted octanol–water partition coefficient (Wildman–Crippen LogP) is 2.77. The third-order valence-electron chi connectivity index (χ3n) is 2.95. The highest BCUT2D eigenvalue weighted by Crippen LogP contribution is 2.09. The summed E-state index contributed by atoms with van der Waals surface area (Å²) in [6.07, 6.45) is 1.69. The van der Waals surface area contributed by atoms with Crippen LogP contribution < -0.4 is 5.32 Å². The van der Waals surface area contributed by atoms with E-state index in [0.29, 0.717) is 17.7 Å². The van der Waals surface area contributed by atoms with E-state index in [1.54, 1.807) is 13.1 Å². The average Bonchev–Trinajstić information content (AvgIpc) is 2.40. The molecular formula is C15H15FN2O. The minimum absolute atomic E-state index is 0.229. The molecule has 1 aromatic carbocycles. The minimum Gasteiger partial charge on any atom is -0.346 e. The van der Waals surface area contributed by atoms with Gasteiger partial charge in [0, 0.05) is 11.8 Å². The van der Waals surface area contributed by atoms with Crippen LogP contribution in [0, 0.1) is 19.7 Å². The largest absolute Gasteiger partial charge is 0.346 e. The molecule has 2 rings (SSSR count). The van der Waals surface area contributed by atoms with Crippen LogP contribution in [0.4, 0.5) is 4.39 Å². The van der Waals surface area contributed by atoms with E-state index in [1.807, 2.05) is 19.1 Å². The van der Waals surface area contributed by atoms with Gasteiger partial charge >= 0.3 is 0 Å². The summed E-state index contributed by atoms with van der Waals surface area (Å²) >= 11 is 0. The summed E-state index contributed by atoms with van der Waals surface area (Å²) in [5, 5.41) is 2.78. The van der Waals surface area contributed by atoms with Gasteiger partial charge in [-0.1, -0.05) is 6.07 Å². The van der Waals surface area contributed by atoms with Crippen LogP contribution in [-0.4, -0.2) is 10.9 Å². The number of nitrogens with zero attached hydrogens (tertiary/aromatic N) is 1. The third kappa shape index (κ3) is 3.16. The fourth-order valence-corrected chi connectivity index (χ4v) is 1.76. The lowest BCUT2D eigenvalue weighted by Gasteiger charge is -2.07. The van der Waals surface area contributed by atoms with Gasteiger partial charge in [-0.2, -0.15) is 0 Å². The maximum absolute atomic E-state index is 13.1. The molecule has 1 aromatic heterocycles. The molecule has 0 bridgehead atoms. The predicted molar refractivity (Wildman–Crippen MR) is 71.3 cm³/mol. The number of benzene rings is 1. The van der Waals surface area contributed by atoms with Gasteiger partial charge in [-0.15, -0.1) is 0 Å². The van der Waals surface area contributed by atoms with Crippen molar-refractivity contribution in [2.75, 3.05) is 0 Å². The zero-order valence-electron chi connectivity index (χ0n) is 10.9. The molecule has 2 aromatic rings. The summed E-state index contributed by atoms with van der Waals surface area (Å²) in [5.41, 5.74) is 2.77. The lowest BCUT2D eigenvalue weighted by Crippen LogP contribution is -2.23. The molecule has 1 heterocycles. The zero-order valence-corrected chi connectivity index (χ0v) is 10.9. The number of nitrogens with one attached hydrogen (secondary N) is 1. The van der Waals surface area contributed by atoms with Crippen molar-refractivity contribution in [3.8, 4) is 0 Å². The molecule has 0 spiro atoms. The number of pyridine rings is 1. The van der Waals surface area contributed by atoms with Gasteiger partial charge < -0.3 is 5.32 Å². The van der Waals surface area contributed by atoms with Gasteiger partial charge in [0.15, 0.2) is 0 Å². The normalized spacial score (nSPS) is 10.3. The number of aryl methyl sites for hydroxylation is 2. The molecule has 0 aliphatic carbocycles. The first-order valence-electron chi connectivity index (χ1n) is 6.03. The highest BCUT2D eigenvalue weighted by molar-refractivity contribution is 5.94. The Morgan fingerprint density at radius 3 is 2.74 bits per heavy atom. The molecule has 0 atom stereocenters. The van der Waals surface area contributed by atoms with Crippen LogP contribution in [0.15, 0.2) is 36.5 Å². The summed E-state index contributed by atoms with van der Waals surface area (Å²) in [4.78, 5) is 16.1. The van der Waals surface area contributed by atoms with Crippen LogP contribution in [0.25, 0.3) is 0 Å². The second-order valence-corrected chi connectivity index (χ2v) is 4.41. The molecular weight excluding hydrogens is 243 g/mol. The van der Waals surface area contributed by atoms with E-state index in [2.05, 4.69) is 10.3 Å². The molecule has 0 saturated carbocycles. The van der Waals surface area contributed by atoms with Crippen LogP contribution in [0.5, 0.6) is 0 Å². The Bertz CT molecular complexity index is 611. The number of carbonyl (C=O) groups is 1. The van der Waals surface area contributed by atoms with Gasteiger partial charge in [0.2, 0.25) is 0 Å². The van der Waals surface area contributed by atoms with Crippen molar-refractivity contribution in [3.05, 3.63) is 64.7 Å². The molecule has 0 saturated heterocycles. The average molecular weight is 258 g/mol. The topological polar surface area (TPSA) is 42.0 Å². The van der Waals surface area contributed by atoms with E-state index in [0.717, 1.165) is 11.3 Å². The van der Waals surface area contributed by atoms with Crippen LogP contribution in [0.2, 0.25) is 0 Å². The van der Waals surface area contributed by atoms with Crippen molar-refractivity contribution >= 4 is 5.91 Å². The molecule has 0 aliphatic heterocycles. The minimum atomic E-state index is -0.308. The molecule has 1 amide bonds. The van der Waals surface area contributed by atoms with Crippen molar-refractivity contribution in [2.45, 2.75) is 20.4 Å². The Balaban J connectivity index is 2.05. The van der Waals surface area contributed by atoms with Gasteiger partial charge in [-0.25, -0.2) is 4.39 Å². The number of hydrogen-bond donors (Lipinski definition) is 1. The van der Waals surface area contributed by atoms with Gasteiger partial charge in [-0.05, 0) is 49.2 Å². The van der Waals surface area contributed by atoms with Gasteiger partial charge in [0.1, 0.15) is 5.82 Å². The van der Waals surface area contributed by atoms with Crippen molar-refractivity contribution in [1.82, 2.24) is 10.3 Å². The first-order valence-corrected chi connectivity index (χ1v) is 6.03. The van der Waals surface area contributed by atoms with Crippen LogP contribution in [-0.2, 0) is 6.54 Å². The Labute approximate surface area is 111 Å². The first-order chi connectivity index (χ1) is 9.08. The molecule has 98 valence electrons. The Kier molecular flexibility index (Phi) is 3.90. The monoisotopic (exact) mass is 258 g/mol. The second kappa shape index (κ2) is 5.61. The summed E-state index contributed by atoms with van der Waals surface area (Å²) in [7, 11) is 0. The number of aromatic nitrogens is 1. The van der Waals surface area contributed by atoms with E-state index in [4.69, 9.17) is 0 Å². The number of rotatable bonds is 3. The standard InChI is InChI=1S/C15H15FN2O/c1-10-4-3-7-17-14(10)9-18-15(19)12-5-6-13(16)11(2)8-12/h3-8H,9H2,1-2H3,(H,18,19). The van der Waals surface area contributed by atoms with E-state index in [-0.39, 0.29) is 11.7 Å². The maximum Gasteiger partial charge on any atom is 0.251 e. The van der Waals surface area contributed by atoms with Crippen molar-refractivity contribution < 1.29 is 9.18 Å². The molecule has 0 radical (unpaired) electrons. The maximum atomic E-state index is 13.1. The molecule has 0 aliphatic rings. The van der Waals surface area contributed by atoms with Crippen LogP contribution in [0.3, 0.4) is 0 Å². The Morgan fingerprint density at radius 1 is 1.26 bits per heavy atom. The van der Waals surface area contributed by atoms with Gasteiger partial charge in [-0.3, -0.25) is 9.78 Å². The first kappa shape index (κ1) is 13.2. The smallest absolute Gasteiger partial charge is 0.251 e. The van der Waals surface area contributed by atoms with Crippen molar-refractivity contribution in [2.24, 2.45) is 0 Å². The molecule has 19 heavy (non-hydrogen) atoms. The molecule has 4 heteroatoms. The Morgan fingerprint density at radius 2 is 2.05 bits per heavy atom. The third-order valence-corrected chi connectivity index (χ3v) is 2.95. The van der Waals surface area contributed by atoms with E-state index in [9.17, 15) is 9.18 Å². The highest BCUT2D eigenvalue weighted by atomic mass is 19.1. The van der Waals surface area contributed by atoms with E-state index >= 15 is 0 Å². The lowest BCUT2D eigenvalue weighted by molar-refractivity contribution is 0.0950. The van der Waals surface area contributed by atoms with E-state index in [1.165, 1.54) is 18.2 Å². The molecule has 0 fully saturated rings. The van der Waals surface area contributed by atoms with Crippen molar-refractivity contribution in [1.29, 1.82) is 0 Å². The lowest BCUT2D eigenvalue weighted by atomic mass is 10.1. The zero-order chi connectivity index (χ0) is 13.8. The summed E-state index contributed by atoms with van der Waals surface area (Å²) in [5.74, 6) is -0.537. The SMILES string of the molecule is Cc1cc(C(=O)NCc2ncccc2C)ccc1F. The molecule has 1 N–H and O–H groups in total. The Hall–Kier alpha value is -2.23. The fraction of sp³-hybridized carbons (Fsp3) is 0.200. The summed E-state index contributed by atoms with van der Waals surface area (Å²) in [6, 6.07) is 8.11. The van der Waals surface area contributed by atoms with Gasteiger partial charge in [0.05, 0.1) is 12.2 Å². The van der Waals surface area contributed by atoms with E-state index < -0.39 is 0 Å². The van der Waals surface area contributed by atoms with Crippen molar-refractivity contribution in [3.63, 3.8) is 0 Å². The quantitative estimate of drug-likeness (QED) is 0.919. The molecule has 0 unspecified atom stereocenters. The van der Waals surface area contributed by atoms with Crippen LogP contribution in [0.1, 0.15) is 27.2 Å². The number of halogens is 1. The van der Waals surface area contributed by atoms with Gasteiger partial charge in [0.25, 0.3) is 5.91 Å².